The molecule has 0 spiro atoms. The Morgan fingerprint density at radius 3 is 2.01 bits per heavy atom. The lowest BCUT2D eigenvalue weighted by Gasteiger charge is -2.68. The summed E-state index contributed by atoms with van der Waals surface area (Å²) in [5.41, 5.74) is -9.40. The molecule has 4 aliphatic rings. The topological polar surface area (TPSA) is 231 Å². The summed E-state index contributed by atoms with van der Waals surface area (Å²) >= 11 is 0. The highest BCUT2D eigenvalue weighted by atomic mass is 28.4. The van der Waals surface area contributed by atoms with Crippen molar-refractivity contribution < 1.29 is 79.1 Å². The molecule has 0 unspecified atom stereocenters. The molecule has 7 rings (SSSR count). The second-order valence-electron chi connectivity index (χ2n) is 21.0. The molecule has 3 aliphatic carbocycles. The summed E-state index contributed by atoms with van der Waals surface area (Å²) in [6, 6.07) is 10.3. The van der Waals surface area contributed by atoms with Crippen LogP contribution >= 0.6 is 0 Å². The number of hydrogen-bond donors (Lipinski definition) is 4. The van der Waals surface area contributed by atoms with E-state index >= 15 is 9.59 Å². The van der Waals surface area contributed by atoms with E-state index in [0.29, 0.717) is 0 Å². The van der Waals surface area contributed by atoms with Gasteiger partial charge in [-0.05, 0) is 72.9 Å². The van der Waals surface area contributed by atoms with Gasteiger partial charge in [0.25, 0.3) is 5.91 Å². The lowest BCUT2D eigenvalue weighted by molar-refractivity contribution is -0.369. The number of esters is 4. The second-order valence-corrected chi connectivity index (χ2v) is 25.7. The number of aliphatic hydroxyl groups excluding tert-OH is 2. The molecule has 70 heavy (non-hydrogen) atoms. The molecule has 1 saturated heterocycles. The van der Waals surface area contributed by atoms with Crippen LogP contribution in [-0.2, 0) is 47.3 Å². The summed E-state index contributed by atoms with van der Waals surface area (Å²) in [5, 5.41) is 40.2. The zero-order valence-corrected chi connectivity index (χ0v) is 42.1. The highest BCUT2D eigenvalue weighted by Crippen LogP contribution is 2.64. The van der Waals surface area contributed by atoms with Gasteiger partial charge in [0.2, 0.25) is 0 Å². The van der Waals surface area contributed by atoms with Gasteiger partial charge in [0, 0.05) is 31.2 Å². The van der Waals surface area contributed by atoms with Gasteiger partial charge >= 0.3 is 23.9 Å². The van der Waals surface area contributed by atoms with Crippen LogP contribution in [-0.4, -0.2) is 120 Å². The van der Waals surface area contributed by atoms with Crippen LogP contribution in [0.1, 0.15) is 108 Å². The third kappa shape index (κ3) is 8.82. The number of rotatable bonds is 12. The highest BCUT2D eigenvalue weighted by molar-refractivity contribution is 6.74. The van der Waals surface area contributed by atoms with Crippen LogP contribution in [0, 0.1) is 16.7 Å². The lowest BCUT2D eigenvalue weighted by Crippen LogP contribution is -2.85. The number of ketones is 1. The molecule has 12 atom stereocenters. The minimum atomic E-state index is -3.16. The number of carbonyl (C=O) groups excluding carboxylic acids is 6. The van der Waals surface area contributed by atoms with Crippen LogP contribution in [0.15, 0.2) is 102 Å². The highest BCUT2D eigenvalue weighted by Gasteiger charge is 2.80. The first-order valence-electron chi connectivity index (χ1n) is 25.6. The SMILES string of the molecule is [2H]c1c([2H])c([2H])c(C(=O)N[C@@H](c2ccccc2)[C@@H](O[Si](C)(C)C(C)(C)C)C(=O)O[C@H]2C[C@@]3(O)[C@@H](OC(=O)c4ccccc4)[C@@H]4[C@]5(OC(C)=O)CO[C@@H]5[C@@H](O)[C@@H](O)[C@@]4(C)C(=O)[C@H](OC(C)=O)C(=C2C)C3(C)C)c([2H])c1[2H]. The van der Waals surface area contributed by atoms with Crippen molar-refractivity contribution in [3.05, 3.63) is 119 Å². The minimum absolute atomic E-state index is 0.0138. The molecule has 16 nitrogen and oxygen atoms in total. The fourth-order valence-corrected chi connectivity index (χ4v) is 11.9. The zero-order valence-electron chi connectivity index (χ0n) is 46.1. The number of benzene rings is 3. The van der Waals surface area contributed by atoms with E-state index < -0.39 is 174 Å². The molecule has 3 fully saturated rings. The first-order chi connectivity index (χ1) is 34.7. The van der Waals surface area contributed by atoms with Crippen molar-refractivity contribution in [2.24, 2.45) is 16.7 Å². The molecular weight excluding hydrogens is 919 g/mol. The first kappa shape index (κ1) is 45.6. The summed E-state index contributed by atoms with van der Waals surface area (Å²) in [6.45, 7) is 16.6. The summed E-state index contributed by atoms with van der Waals surface area (Å²) in [6.07, 6.45) is -13.7. The van der Waals surface area contributed by atoms with Crippen molar-refractivity contribution in [1.82, 2.24) is 5.32 Å². The van der Waals surface area contributed by atoms with Crippen molar-refractivity contribution in [2.75, 3.05) is 6.61 Å². The molecule has 4 N–H and O–H groups in total. The van der Waals surface area contributed by atoms with Gasteiger partial charge in [-0.15, -0.1) is 0 Å². The van der Waals surface area contributed by atoms with Crippen LogP contribution in [0.5, 0.6) is 0 Å². The predicted octanol–water partition coefficient (Wildman–Crippen LogP) is 5.74. The molecule has 0 aromatic heterocycles. The monoisotopic (exact) mass is 988 g/mol. The van der Waals surface area contributed by atoms with Gasteiger partial charge in [0.1, 0.15) is 30.0 Å². The number of amides is 1. The van der Waals surface area contributed by atoms with Crippen molar-refractivity contribution in [3.63, 3.8) is 0 Å². The summed E-state index contributed by atoms with van der Waals surface area (Å²) in [4.78, 5) is 86.9. The Morgan fingerprint density at radius 1 is 0.871 bits per heavy atom. The fraction of sp³-hybridized carbons (Fsp3) is 0.509. The van der Waals surface area contributed by atoms with Crippen molar-refractivity contribution in [3.8, 4) is 0 Å². The van der Waals surface area contributed by atoms with Crippen LogP contribution in [0.4, 0.5) is 0 Å². The number of carbonyl (C=O) groups is 6. The minimum Gasteiger partial charge on any atom is -0.456 e. The number of ether oxygens (including phenoxy) is 5. The third-order valence-corrected chi connectivity index (χ3v) is 19.9. The van der Waals surface area contributed by atoms with Gasteiger partial charge in [0.05, 0.1) is 42.5 Å². The van der Waals surface area contributed by atoms with E-state index in [9.17, 15) is 34.5 Å². The Bertz CT molecular complexity index is 2820. The maximum atomic E-state index is 15.8. The Balaban J connectivity index is 1.46. The Morgan fingerprint density at radius 2 is 1.47 bits per heavy atom. The average molecular weight is 989 g/mol. The standard InChI is InChI=1S/C53H65NO15Si/c1-29-35(66-48(62)40(69-70(10,11)49(4,5)6)37(32-21-15-12-16-22-32)54-46(60)33-23-17-13-18-24-33)27-53(63)45(67-47(61)34-25-19-14-20-26-34)41-51(9,43(59)39(65-30(2)55)36(29)50(53,7)8)42(58)38(57)44-52(41,28-64-44)68-31(3)56/h12-26,35,37-42,44-45,57-58,63H,27-28H2,1-11H3,(H,54,60)/t35-,37-,38-,39+,40+,41-,42+,44+,45-,51-,52+,53+/m0/s1/i13D,17D,18D,23D,24D. The van der Waals surface area contributed by atoms with E-state index in [4.69, 9.17) is 35.0 Å². The normalized spacial score (nSPS) is 32.2. The van der Waals surface area contributed by atoms with Crippen LogP contribution < -0.4 is 5.32 Å². The van der Waals surface area contributed by atoms with Crippen LogP contribution in [0.2, 0.25) is 18.1 Å². The quantitative estimate of drug-likeness (QED) is 0.0735. The van der Waals surface area contributed by atoms with E-state index in [1.54, 1.807) is 48.5 Å². The lowest BCUT2D eigenvalue weighted by atomic mass is 9.44. The first-order valence-corrected chi connectivity index (χ1v) is 26.0. The molecule has 0 radical (unpaired) electrons. The zero-order chi connectivity index (χ0) is 55.9. The van der Waals surface area contributed by atoms with E-state index in [2.05, 4.69) is 5.32 Å². The van der Waals surface area contributed by atoms with Crippen molar-refractivity contribution in [1.29, 1.82) is 0 Å². The molecular formula is C53H65NO15Si. The molecule has 3 aromatic rings. The van der Waals surface area contributed by atoms with Gasteiger partial charge in [0.15, 0.2) is 31.9 Å². The Labute approximate surface area is 416 Å². The largest absolute Gasteiger partial charge is 0.456 e. The summed E-state index contributed by atoms with van der Waals surface area (Å²) < 4.78 is 79.5. The van der Waals surface area contributed by atoms with Gasteiger partial charge in [-0.25, -0.2) is 9.59 Å². The molecule has 1 heterocycles. The number of fused-ring (bicyclic) bond motifs is 5. The molecule has 17 heteroatoms. The number of hydrogen-bond acceptors (Lipinski definition) is 15. The van der Waals surface area contributed by atoms with Gasteiger partial charge in [-0.1, -0.05) is 101 Å². The maximum Gasteiger partial charge on any atom is 0.338 e. The van der Waals surface area contributed by atoms with Gasteiger partial charge in [-0.2, -0.15) is 0 Å². The smallest absolute Gasteiger partial charge is 0.338 e. The van der Waals surface area contributed by atoms with Crippen LogP contribution in [0.3, 0.4) is 0 Å². The third-order valence-electron chi connectivity index (χ3n) is 15.4. The van der Waals surface area contributed by atoms with E-state index in [1.165, 1.54) is 39.8 Å². The average Bonchev–Trinajstić information content (AvgIpc) is 3.32. The summed E-state index contributed by atoms with van der Waals surface area (Å²) in [5.74, 6) is -8.10. The number of aliphatic hydroxyl groups is 3. The Hall–Kier alpha value is -5.56. The number of nitrogens with one attached hydrogen (secondary N) is 1. The van der Waals surface area contributed by atoms with Crippen molar-refractivity contribution in [2.45, 2.75) is 147 Å². The molecule has 1 aliphatic heterocycles. The predicted molar refractivity (Wildman–Crippen MR) is 255 cm³/mol. The van der Waals surface area contributed by atoms with Gasteiger partial charge < -0.3 is 48.7 Å². The Kier molecular flexibility index (Phi) is 12.3. The second kappa shape index (κ2) is 18.9. The van der Waals surface area contributed by atoms with Gasteiger partial charge in [-0.3, -0.25) is 19.2 Å². The van der Waals surface area contributed by atoms with E-state index in [0.717, 1.165) is 13.8 Å². The van der Waals surface area contributed by atoms with Crippen LogP contribution in [0.25, 0.3) is 0 Å². The number of Topliss-reactive ketones (excluding diaryl/α,β-unsaturated/α-hetero) is 1. The van der Waals surface area contributed by atoms with E-state index in [1.807, 2.05) is 33.9 Å². The molecule has 3 aromatic carbocycles. The van der Waals surface area contributed by atoms with Crippen molar-refractivity contribution >= 4 is 43.9 Å². The fourth-order valence-electron chi connectivity index (χ4n) is 10.6. The summed E-state index contributed by atoms with van der Waals surface area (Å²) in [7, 11) is -3.16. The molecule has 2 saturated carbocycles. The molecule has 1 amide bonds. The molecule has 2 bridgehead atoms. The van der Waals surface area contributed by atoms with E-state index in [-0.39, 0.29) is 22.3 Å². The molecule has 376 valence electrons. The maximum absolute atomic E-state index is 15.8.